The van der Waals surface area contributed by atoms with E-state index in [2.05, 4.69) is 25.4 Å². The lowest BCUT2D eigenvalue weighted by atomic mass is 10.2. The fraction of sp³-hybridized carbons (Fsp3) is 0.0588. The summed E-state index contributed by atoms with van der Waals surface area (Å²) in [7, 11) is 0. The highest BCUT2D eigenvalue weighted by Gasteiger charge is 2.11. The van der Waals surface area contributed by atoms with Crippen molar-refractivity contribution < 1.29 is 4.42 Å². The minimum Gasteiger partial charge on any atom is -0.420 e. The van der Waals surface area contributed by atoms with Crippen LogP contribution in [0.4, 0.5) is 0 Å². The smallest absolute Gasteiger partial charge is 0.247 e. The SMILES string of the molecule is c1ccc(-c2nc(SCc3nnc(-c4ccccc4)o3)n[nH]2)cc1. The van der Waals surface area contributed by atoms with E-state index >= 15 is 0 Å². The van der Waals surface area contributed by atoms with E-state index < -0.39 is 0 Å². The summed E-state index contributed by atoms with van der Waals surface area (Å²) in [5, 5.41) is 15.9. The predicted octanol–water partition coefficient (Wildman–Crippen LogP) is 3.81. The monoisotopic (exact) mass is 335 g/mol. The van der Waals surface area contributed by atoms with Crippen molar-refractivity contribution in [3.05, 3.63) is 66.6 Å². The molecule has 7 heteroatoms. The van der Waals surface area contributed by atoms with Crippen molar-refractivity contribution in [3.63, 3.8) is 0 Å². The van der Waals surface area contributed by atoms with Crippen LogP contribution in [0.15, 0.2) is 70.2 Å². The third-order valence-corrected chi connectivity index (χ3v) is 4.16. The minimum absolute atomic E-state index is 0.520. The molecule has 0 aliphatic rings. The van der Waals surface area contributed by atoms with Gasteiger partial charge >= 0.3 is 0 Å². The maximum atomic E-state index is 5.67. The summed E-state index contributed by atoms with van der Waals surface area (Å²) in [5.74, 6) is 2.33. The Balaban J connectivity index is 1.43. The van der Waals surface area contributed by atoms with Crippen molar-refractivity contribution in [3.8, 4) is 22.8 Å². The molecule has 2 aromatic heterocycles. The van der Waals surface area contributed by atoms with E-state index in [9.17, 15) is 0 Å². The van der Waals surface area contributed by atoms with Gasteiger partial charge in [-0.25, -0.2) is 4.98 Å². The first-order valence-corrected chi connectivity index (χ1v) is 8.35. The molecular weight excluding hydrogens is 322 g/mol. The molecule has 2 aromatic carbocycles. The highest BCUT2D eigenvalue weighted by atomic mass is 32.2. The Kier molecular flexibility index (Phi) is 4.07. The second-order valence-corrected chi connectivity index (χ2v) is 5.93. The normalized spacial score (nSPS) is 10.8. The standard InChI is InChI=1S/C17H13N5OS/c1-3-7-12(8-4-1)15-18-17(22-20-15)24-11-14-19-21-16(23-14)13-9-5-2-6-10-13/h1-10H,11H2,(H,18,20,22). The second kappa shape index (κ2) is 6.67. The van der Waals surface area contributed by atoms with Crippen molar-refractivity contribution in [1.29, 1.82) is 0 Å². The number of hydrogen-bond acceptors (Lipinski definition) is 6. The second-order valence-electron chi connectivity index (χ2n) is 4.99. The Bertz CT molecular complexity index is 843. The van der Waals surface area contributed by atoms with Gasteiger partial charge in [-0.1, -0.05) is 60.3 Å². The van der Waals surface area contributed by atoms with Crippen molar-refractivity contribution >= 4 is 11.8 Å². The summed E-state index contributed by atoms with van der Waals surface area (Å²) in [6, 6.07) is 19.6. The van der Waals surface area contributed by atoms with Crippen LogP contribution in [0, 0.1) is 0 Å². The van der Waals surface area contributed by atoms with Crippen LogP contribution in [0.1, 0.15) is 5.89 Å². The van der Waals surface area contributed by atoms with Gasteiger partial charge in [0, 0.05) is 11.1 Å². The molecule has 0 atom stereocenters. The first kappa shape index (κ1) is 14.6. The van der Waals surface area contributed by atoms with E-state index in [4.69, 9.17) is 4.42 Å². The number of hydrogen-bond donors (Lipinski definition) is 1. The van der Waals surface area contributed by atoms with Gasteiger partial charge in [-0.3, -0.25) is 5.10 Å². The van der Waals surface area contributed by atoms with Crippen LogP contribution in [-0.2, 0) is 5.75 Å². The molecule has 1 N–H and O–H groups in total. The average Bonchev–Trinajstić information content (AvgIpc) is 3.31. The molecule has 118 valence electrons. The van der Waals surface area contributed by atoms with Crippen molar-refractivity contribution in [1.82, 2.24) is 25.4 Å². The van der Waals surface area contributed by atoms with Gasteiger partial charge < -0.3 is 4.42 Å². The minimum atomic E-state index is 0.520. The predicted molar refractivity (Wildman–Crippen MR) is 91.1 cm³/mol. The van der Waals surface area contributed by atoms with Gasteiger partial charge in [0.1, 0.15) is 0 Å². The Morgan fingerprint density at radius 3 is 2.33 bits per heavy atom. The molecule has 0 unspecified atom stereocenters. The van der Waals surface area contributed by atoms with Crippen LogP contribution in [0.3, 0.4) is 0 Å². The highest BCUT2D eigenvalue weighted by Crippen LogP contribution is 2.23. The number of benzene rings is 2. The Morgan fingerprint density at radius 1 is 0.875 bits per heavy atom. The molecule has 2 heterocycles. The molecule has 6 nitrogen and oxygen atoms in total. The number of nitrogens with zero attached hydrogens (tertiary/aromatic N) is 4. The Hall–Kier alpha value is -2.93. The molecule has 4 rings (SSSR count). The molecule has 0 saturated heterocycles. The first-order valence-electron chi connectivity index (χ1n) is 7.37. The van der Waals surface area contributed by atoms with Gasteiger partial charge in [0.25, 0.3) is 0 Å². The van der Waals surface area contributed by atoms with Crippen molar-refractivity contribution in [2.75, 3.05) is 0 Å². The summed E-state index contributed by atoms with van der Waals surface area (Å²) in [4.78, 5) is 4.47. The van der Waals surface area contributed by atoms with E-state index in [0.29, 0.717) is 22.7 Å². The van der Waals surface area contributed by atoms with Crippen LogP contribution in [0.25, 0.3) is 22.8 Å². The van der Waals surface area contributed by atoms with Crippen molar-refractivity contribution in [2.45, 2.75) is 10.9 Å². The molecule has 0 fully saturated rings. The van der Waals surface area contributed by atoms with Gasteiger partial charge in [0.05, 0.1) is 5.75 Å². The lowest BCUT2D eigenvalue weighted by Gasteiger charge is -1.93. The molecule has 0 bridgehead atoms. The van der Waals surface area contributed by atoms with Crippen LogP contribution in [0.5, 0.6) is 0 Å². The third kappa shape index (κ3) is 3.21. The highest BCUT2D eigenvalue weighted by molar-refractivity contribution is 7.98. The number of nitrogens with one attached hydrogen (secondary N) is 1. The molecule has 0 aliphatic heterocycles. The fourth-order valence-electron chi connectivity index (χ4n) is 2.17. The van der Waals surface area contributed by atoms with Crippen LogP contribution >= 0.6 is 11.8 Å². The summed E-state index contributed by atoms with van der Waals surface area (Å²) >= 11 is 1.45. The number of thioether (sulfide) groups is 1. The van der Waals surface area contributed by atoms with Gasteiger partial charge in [0.2, 0.25) is 16.9 Å². The number of rotatable bonds is 5. The third-order valence-electron chi connectivity index (χ3n) is 3.32. The molecule has 0 saturated carbocycles. The number of aromatic nitrogens is 5. The first-order chi connectivity index (χ1) is 11.9. The summed E-state index contributed by atoms with van der Waals surface area (Å²) in [6.45, 7) is 0. The topological polar surface area (TPSA) is 80.5 Å². The molecule has 0 aliphatic carbocycles. The number of H-pyrrole nitrogens is 1. The Morgan fingerprint density at radius 2 is 1.58 bits per heavy atom. The van der Waals surface area contributed by atoms with E-state index in [1.54, 1.807) is 0 Å². The summed E-state index contributed by atoms with van der Waals surface area (Å²) < 4.78 is 5.67. The zero-order chi connectivity index (χ0) is 16.2. The van der Waals surface area contributed by atoms with Gasteiger partial charge in [-0.15, -0.1) is 15.3 Å². The summed E-state index contributed by atoms with van der Waals surface area (Å²) in [5.41, 5.74) is 1.91. The Labute approximate surface area is 142 Å². The van der Waals surface area contributed by atoms with Gasteiger partial charge in [-0.05, 0) is 12.1 Å². The van der Waals surface area contributed by atoms with Crippen LogP contribution < -0.4 is 0 Å². The molecule has 4 aromatic rings. The van der Waals surface area contributed by atoms with Crippen molar-refractivity contribution in [2.24, 2.45) is 0 Å². The molecule has 24 heavy (non-hydrogen) atoms. The quantitative estimate of drug-likeness (QED) is 0.559. The van der Waals surface area contributed by atoms with E-state index in [1.165, 1.54) is 11.8 Å². The number of aromatic amines is 1. The molecule has 0 radical (unpaired) electrons. The summed E-state index contributed by atoms with van der Waals surface area (Å²) in [6.07, 6.45) is 0. The zero-order valence-electron chi connectivity index (χ0n) is 12.6. The van der Waals surface area contributed by atoms with E-state index in [0.717, 1.165) is 17.0 Å². The van der Waals surface area contributed by atoms with E-state index in [1.807, 2.05) is 60.7 Å². The van der Waals surface area contributed by atoms with E-state index in [-0.39, 0.29) is 0 Å². The largest absolute Gasteiger partial charge is 0.420 e. The maximum Gasteiger partial charge on any atom is 0.247 e. The van der Waals surface area contributed by atoms with Crippen LogP contribution in [0.2, 0.25) is 0 Å². The van der Waals surface area contributed by atoms with Crippen LogP contribution in [-0.4, -0.2) is 25.4 Å². The lowest BCUT2D eigenvalue weighted by molar-refractivity contribution is 0.528. The maximum absolute atomic E-state index is 5.67. The van der Waals surface area contributed by atoms with Gasteiger partial charge in [-0.2, -0.15) is 0 Å². The van der Waals surface area contributed by atoms with Gasteiger partial charge in [0.15, 0.2) is 5.82 Å². The molecular formula is C17H13N5OS. The average molecular weight is 335 g/mol. The fourth-order valence-corrected chi connectivity index (χ4v) is 2.81. The molecule has 0 spiro atoms. The zero-order valence-corrected chi connectivity index (χ0v) is 13.4. The lowest BCUT2D eigenvalue weighted by Crippen LogP contribution is -1.82. The molecule has 0 amide bonds.